The Morgan fingerprint density at radius 1 is 0.882 bits per heavy atom. The second-order valence-electron chi connectivity index (χ2n) is 8.40. The number of ether oxygens (including phenoxy) is 3. The molecule has 0 saturated carbocycles. The van der Waals surface area contributed by atoms with Gasteiger partial charge in [-0.15, -0.1) is 0 Å². The molecule has 1 aliphatic rings. The van der Waals surface area contributed by atoms with Gasteiger partial charge in [0.1, 0.15) is 0 Å². The smallest absolute Gasteiger partial charge is 0.243 e. The van der Waals surface area contributed by atoms with Crippen LogP contribution in [0.2, 0.25) is 0 Å². The number of hydrogen-bond acceptors (Lipinski definition) is 6. The average molecular weight is 471 g/mol. The fourth-order valence-corrected chi connectivity index (χ4v) is 4.00. The van der Waals surface area contributed by atoms with Crippen molar-refractivity contribution >= 4 is 17.5 Å². The van der Waals surface area contributed by atoms with E-state index in [0.717, 1.165) is 36.1 Å². The summed E-state index contributed by atoms with van der Waals surface area (Å²) in [6, 6.07) is 17.8. The SMILES string of the molecule is COCC1OC(c2ccccc2)CC(c2ccc(NC(=O)CCCCCCC(=O)NO)cc2)O1. The molecular weight excluding hydrogens is 436 g/mol. The molecule has 2 aromatic carbocycles. The number of anilines is 1. The van der Waals surface area contributed by atoms with Gasteiger partial charge in [-0.2, -0.15) is 0 Å². The van der Waals surface area contributed by atoms with Crippen LogP contribution >= 0.6 is 0 Å². The minimum Gasteiger partial charge on any atom is -0.379 e. The summed E-state index contributed by atoms with van der Waals surface area (Å²) < 4.78 is 17.5. The predicted molar refractivity (Wildman–Crippen MR) is 127 cm³/mol. The first-order valence-electron chi connectivity index (χ1n) is 11.8. The van der Waals surface area contributed by atoms with E-state index in [1.54, 1.807) is 12.6 Å². The third-order valence-electron chi connectivity index (χ3n) is 5.78. The van der Waals surface area contributed by atoms with Crippen LogP contribution in [0.3, 0.4) is 0 Å². The lowest BCUT2D eigenvalue weighted by atomic mass is 9.97. The van der Waals surface area contributed by atoms with Crippen LogP contribution in [0.15, 0.2) is 54.6 Å². The molecule has 184 valence electrons. The Morgan fingerprint density at radius 3 is 2.06 bits per heavy atom. The van der Waals surface area contributed by atoms with E-state index in [1.165, 1.54) is 0 Å². The van der Waals surface area contributed by atoms with E-state index in [9.17, 15) is 9.59 Å². The van der Waals surface area contributed by atoms with Crippen LogP contribution in [0.25, 0.3) is 0 Å². The highest BCUT2D eigenvalue weighted by atomic mass is 16.7. The molecule has 1 saturated heterocycles. The highest BCUT2D eigenvalue weighted by Gasteiger charge is 2.32. The second kappa shape index (κ2) is 13.8. The summed E-state index contributed by atoms with van der Waals surface area (Å²) >= 11 is 0. The molecule has 1 fully saturated rings. The molecule has 0 aromatic heterocycles. The molecule has 3 rings (SSSR count). The molecule has 0 radical (unpaired) electrons. The Bertz CT molecular complexity index is 890. The number of carbonyl (C=O) groups is 2. The molecule has 3 atom stereocenters. The standard InChI is InChI=1S/C26H34N2O6/c1-32-18-26-33-22(19-9-5-4-6-10-19)17-23(34-26)20-13-15-21(16-14-20)27-24(29)11-7-2-3-8-12-25(30)28-31/h4-6,9-10,13-16,22-23,26,31H,2-3,7-8,11-12,17-18H2,1H3,(H,27,29)(H,28,30). The molecule has 0 bridgehead atoms. The van der Waals surface area contributed by atoms with Crippen molar-refractivity contribution in [3.63, 3.8) is 0 Å². The third-order valence-corrected chi connectivity index (χ3v) is 5.78. The third kappa shape index (κ3) is 8.22. The van der Waals surface area contributed by atoms with E-state index in [1.807, 2.05) is 42.5 Å². The summed E-state index contributed by atoms with van der Waals surface area (Å²) in [4.78, 5) is 23.2. The molecule has 34 heavy (non-hydrogen) atoms. The minimum atomic E-state index is -0.452. The zero-order chi connectivity index (χ0) is 24.2. The normalized spacial score (nSPS) is 20.0. The van der Waals surface area contributed by atoms with E-state index in [-0.39, 0.29) is 24.0 Å². The Balaban J connectivity index is 1.48. The number of carbonyl (C=O) groups excluding carboxylic acids is 2. The van der Waals surface area contributed by atoms with E-state index >= 15 is 0 Å². The highest BCUT2D eigenvalue weighted by Crippen LogP contribution is 2.38. The lowest BCUT2D eigenvalue weighted by molar-refractivity contribution is -0.261. The largest absolute Gasteiger partial charge is 0.379 e. The van der Waals surface area contributed by atoms with Gasteiger partial charge in [-0.25, -0.2) is 5.48 Å². The van der Waals surface area contributed by atoms with Gasteiger partial charge in [-0.1, -0.05) is 55.3 Å². The van der Waals surface area contributed by atoms with Crippen molar-refractivity contribution in [3.8, 4) is 0 Å². The summed E-state index contributed by atoms with van der Waals surface area (Å²) in [5.41, 5.74) is 4.50. The molecule has 8 nitrogen and oxygen atoms in total. The fraction of sp³-hybridized carbons (Fsp3) is 0.462. The summed E-state index contributed by atoms with van der Waals surface area (Å²) in [5, 5.41) is 11.4. The van der Waals surface area contributed by atoms with Crippen LogP contribution in [0.1, 0.15) is 68.3 Å². The number of nitrogens with one attached hydrogen (secondary N) is 2. The summed E-state index contributed by atoms with van der Waals surface area (Å²) in [5.74, 6) is -0.412. The maximum Gasteiger partial charge on any atom is 0.243 e. The van der Waals surface area contributed by atoms with Crippen LogP contribution in [0.5, 0.6) is 0 Å². The molecule has 8 heteroatoms. The van der Waals surface area contributed by atoms with Gasteiger partial charge in [-0.3, -0.25) is 14.8 Å². The predicted octanol–water partition coefficient (Wildman–Crippen LogP) is 4.66. The van der Waals surface area contributed by atoms with Crippen molar-refractivity contribution in [2.24, 2.45) is 0 Å². The average Bonchev–Trinajstić information content (AvgIpc) is 2.87. The maximum absolute atomic E-state index is 12.2. The van der Waals surface area contributed by atoms with Crippen molar-refractivity contribution in [3.05, 3.63) is 65.7 Å². The minimum absolute atomic E-state index is 0.0348. The number of rotatable bonds is 12. The van der Waals surface area contributed by atoms with E-state index in [4.69, 9.17) is 19.4 Å². The summed E-state index contributed by atoms with van der Waals surface area (Å²) in [6.07, 6.45) is 3.88. The number of amides is 2. The van der Waals surface area contributed by atoms with Gasteiger partial charge >= 0.3 is 0 Å². The lowest BCUT2D eigenvalue weighted by Crippen LogP contribution is -2.33. The first-order valence-corrected chi connectivity index (χ1v) is 11.8. The zero-order valence-corrected chi connectivity index (χ0v) is 19.6. The molecular formula is C26H34N2O6. The molecule has 2 amide bonds. The lowest BCUT2D eigenvalue weighted by Gasteiger charge is -2.36. The van der Waals surface area contributed by atoms with Gasteiger partial charge in [0.2, 0.25) is 11.8 Å². The first kappa shape index (κ1) is 25.8. The van der Waals surface area contributed by atoms with Gasteiger partial charge < -0.3 is 19.5 Å². The zero-order valence-electron chi connectivity index (χ0n) is 19.6. The number of methoxy groups -OCH3 is 1. The van der Waals surface area contributed by atoms with Crippen LogP contribution in [-0.4, -0.2) is 37.0 Å². The highest BCUT2D eigenvalue weighted by molar-refractivity contribution is 5.90. The van der Waals surface area contributed by atoms with Crippen LogP contribution in [0.4, 0.5) is 5.69 Å². The number of unbranched alkanes of at least 4 members (excludes halogenated alkanes) is 3. The van der Waals surface area contributed by atoms with E-state index in [2.05, 4.69) is 17.4 Å². The van der Waals surface area contributed by atoms with Gasteiger partial charge in [0.15, 0.2) is 6.29 Å². The van der Waals surface area contributed by atoms with E-state index < -0.39 is 6.29 Å². The van der Waals surface area contributed by atoms with Gasteiger partial charge in [0.25, 0.3) is 0 Å². The van der Waals surface area contributed by atoms with Crippen molar-refractivity contribution < 1.29 is 29.0 Å². The van der Waals surface area contributed by atoms with Gasteiger partial charge in [0, 0.05) is 32.1 Å². The topological polar surface area (TPSA) is 106 Å². The van der Waals surface area contributed by atoms with Crippen LogP contribution < -0.4 is 10.8 Å². The Kier molecular flexibility index (Phi) is 10.5. The van der Waals surface area contributed by atoms with Gasteiger partial charge in [0.05, 0.1) is 18.8 Å². The molecule has 3 unspecified atom stereocenters. The van der Waals surface area contributed by atoms with Gasteiger partial charge in [-0.05, 0) is 36.1 Å². The Morgan fingerprint density at radius 2 is 1.47 bits per heavy atom. The second-order valence-corrected chi connectivity index (χ2v) is 8.40. The monoisotopic (exact) mass is 470 g/mol. The molecule has 1 aliphatic heterocycles. The first-order chi connectivity index (χ1) is 16.6. The Hall–Kier alpha value is -2.78. The van der Waals surface area contributed by atoms with Crippen molar-refractivity contribution in [2.45, 2.75) is 63.4 Å². The molecule has 0 spiro atoms. The van der Waals surface area contributed by atoms with Crippen LogP contribution in [-0.2, 0) is 23.8 Å². The number of hydroxylamine groups is 1. The van der Waals surface area contributed by atoms with Crippen LogP contribution in [0, 0.1) is 0 Å². The molecule has 3 N–H and O–H groups in total. The van der Waals surface area contributed by atoms with E-state index in [0.29, 0.717) is 32.3 Å². The van der Waals surface area contributed by atoms with Crippen molar-refractivity contribution in [1.82, 2.24) is 5.48 Å². The number of hydrogen-bond donors (Lipinski definition) is 3. The fourth-order valence-electron chi connectivity index (χ4n) is 4.00. The summed E-state index contributed by atoms with van der Waals surface area (Å²) in [6.45, 7) is 0.350. The molecule has 0 aliphatic carbocycles. The Labute approximate surface area is 200 Å². The number of benzene rings is 2. The van der Waals surface area contributed by atoms with Crippen molar-refractivity contribution in [2.75, 3.05) is 19.0 Å². The molecule has 2 aromatic rings. The maximum atomic E-state index is 12.2. The molecule has 1 heterocycles. The summed E-state index contributed by atoms with van der Waals surface area (Å²) in [7, 11) is 1.63. The van der Waals surface area contributed by atoms with Crippen molar-refractivity contribution in [1.29, 1.82) is 0 Å². The quantitative estimate of drug-likeness (QED) is 0.237.